The number of nitrogens with zero attached hydrogens (tertiary/aromatic N) is 2. The number of rotatable bonds is 14. The maximum absolute atomic E-state index is 14.0. The number of esters is 1. The van der Waals surface area contributed by atoms with Gasteiger partial charge in [-0.15, -0.1) is 24.9 Å². The molecule has 3 heterocycles. The monoisotopic (exact) mass is 492 g/mol. The Balaban J connectivity index is 1.90. The second-order valence-electron chi connectivity index (χ2n) is 9.84. The summed E-state index contributed by atoms with van der Waals surface area (Å²) in [6, 6.07) is -0.614. The van der Waals surface area contributed by atoms with Crippen LogP contribution in [0.25, 0.3) is 0 Å². The number of hydrogen-bond acceptors (Lipinski definition) is 6. The Kier molecular flexibility index (Phi) is 9.27. The van der Waals surface area contributed by atoms with Crippen LogP contribution >= 0.6 is 11.8 Å². The molecule has 3 aliphatic heterocycles. The predicted molar refractivity (Wildman–Crippen MR) is 134 cm³/mol. The van der Waals surface area contributed by atoms with E-state index >= 15 is 0 Å². The third kappa shape index (κ3) is 4.94. The van der Waals surface area contributed by atoms with Crippen LogP contribution in [0.2, 0.25) is 0 Å². The predicted octanol–water partition coefficient (Wildman–Crippen LogP) is 3.17. The van der Waals surface area contributed by atoms with Crippen LogP contribution in [0.15, 0.2) is 25.3 Å². The number of hydrogen-bond donors (Lipinski definition) is 1. The van der Waals surface area contributed by atoms with Gasteiger partial charge in [-0.05, 0) is 58.8 Å². The van der Waals surface area contributed by atoms with E-state index < -0.39 is 22.6 Å². The Hall–Kier alpha value is -1.80. The molecular formula is C26H40N2O5S. The van der Waals surface area contributed by atoms with E-state index in [4.69, 9.17) is 9.84 Å². The quantitative estimate of drug-likeness (QED) is 0.228. The van der Waals surface area contributed by atoms with E-state index in [1.165, 1.54) is 0 Å². The number of thioether (sulfide) groups is 1. The second kappa shape index (κ2) is 11.8. The molecular weight excluding hydrogens is 452 g/mol. The molecule has 3 rings (SSSR count). The molecule has 2 amide bonds. The van der Waals surface area contributed by atoms with Gasteiger partial charge in [-0.1, -0.05) is 12.2 Å². The zero-order chi connectivity index (χ0) is 24.9. The lowest BCUT2D eigenvalue weighted by Crippen LogP contribution is -2.56. The van der Waals surface area contributed by atoms with Crippen LogP contribution in [-0.4, -0.2) is 81.1 Å². The van der Waals surface area contributed by atoms with Gasteiger partial charge in [-0.3, -0.25) is 14.4 Å². The standard InChI is InChI=1S/C26H40N2O5S/c1-5-7-11-17-33-25(32)20-19-12-13-26(34-19)21(20)23(30)28(15-9-8-10-16-29)22(26)24(31)27(14-6-2)18(3)4/h5-6,18-22,29H,1-2,7-17H2,3-4H3/t19-,20+,21-,22?,26?/m0/s1. The molecule has 3 fully saturated rings. The van der Waals surface area contributed by atoms with Crippen LogP contribution in [-0.2, 0) is 19.1 Å². The summed E-state index contributed by atoms with van der Waals surface area (Å²) < 4.78 is 5.01. The van der Waals surface area contributed by atoms with Gasteiger partial charge in [-0.2, -0.15) is 0 Å². The fourth-order valence-corrected chi connectivity index (χ4v) is 8.06. The molecule has 0 aromatic rings. The normalized spacial score (nSPS) is 29.4. The topological polar surface area (TPSA) is 87.2 Å². The van der Waals surface area contributed by atoms with Gasteiger partial charge in [0.15, 0.2) is 0 Å². The van der Waals surface area contributed by atoms with Crippen LogP contribution in [0.1, 0.15) is 58.8 Å². The Morgan fingerprint density at radius 1 is 1.26 bits per heavy atom. The largest absolute Gasteiger partial charge is 0.465 e. The Morgan fingerprint density at radius 3 is 2.68 bits per heavy atom. The summed E-state index contributed by atoms with van der Waals surface area (Å²) in [6.07, 6.45) is 8.73. The zero-order valence-corrected chi connectivity index (χ0v) is 21.4. The van der Waals surface area contributed by atoms with Gasteiger partial charge in [0.25, 0.3) is 0 Å². The van der Waals surface area contributed by atoms with Crippen molar-refractivity contribution in [1.82, 2.24) is 9.80 Å². The van der Waals surface area contributed by atoms with E-state index in [-0.39, 0.29) is 35.7 Å². The average Bonchev–Trinajstić information content (AvgIpc) is 3.45. The molecule has 0 aliphatic carbocycles. The van der Waals surface area contributed by atoms with Crippen LogP contribution < -0.4 is 0 Å². The highest BCUT2D eigenvalue weighted by Gasteiger charge is 2.74. The van der Waals surface area contributed by atoms with E-state index in [0.717, 1.165) is 25.7 Å². The molecule has 0 radical (unpaired) electrons. The summed E-state index contributed by atoms with van der Waals surface area (Å²) >= 11 is 1.67. The minimum atomic E-state index is -0.588. The minimum Gasteiger partial charge on any atom is -0.465 e. The summed E-state index contributed by atoms with van der Waals surface area (Å²) in [5.74, 6) is -1.47. The Labute approximate surface area is 208 Å². The number of carbonyl (C=O) groups excluding carboxylic acids is 3. The van der Waals surface area contributed by atoms with Crippen LogP contribution in [0, 0.1) is 11.8 Å². The fourth-order valence-electron chi connectivity index (χ4n) is 5.86. The van der Waals surface area contributed by atoms with Crippen molar-refractivity contribution in [2.45, 2.75) is 80.9 Å². The molecule has 2 bridgehead atoms. The highest BCUT2D eigenvalue weighted by molar-refractivity contribution is 8.02. The molecule has 34 heavy (non-hydrogen) atoms. The average molecular weight is 493 g/mol. The van der Waals surface area contributed by atoms with Crippen LogP contribution in [0.3, 0.4) is 0 Å². The summed E-state index contributed by atoms with van der Waals surface area (Å²) in [6.45, 7) is 12.8. The maximum atomic E-state index is 14.0. The highest BCUT2D eigenvalue weighted by Crippen LogP contribution is 2.66. The van der Waals surface area contributed by atoms with Crippen molar-refractivity contribution >= 4 is 29.5 Å². The molecule has 1 N–H and O–H groups in total. The molecule has 3 aliphatic rings. The molecule has 0 aromatic carbocycles. The van der Waals surface area contributed by atoms with E-state index in [9.17, 15) is 14.4 Å². The molecule has 3 saturated heterocycles. The van der Waals surface area contributed by atoms with Gasteiger partial charge in [0.2, 0.25) is 11.8 Å². The third-order valence-corrected chi connectivity index (χ3v) is 9.34. The van der Waals surface area contributed by atoms with E-state index in [1.54, 1.807) is 33.7 Å². The number of allylic oxidation sites excluding steroid dienone is 1. The van der Waals surface area contributed by atoms with Crippen molar-refractivity contribution < 1.29 is 24.2 Å². The SMILES string of the molecule is C=CCCCOC(=O)[C@@H]1[C@@H]2CCC3(S2)C(C(=O)N(CC=C)C(C)C)N(CCCCCO)C(=O)[C@H]13. The lowest BCUT2D eigenvalue weighted by Gasteiger charge is -2.38. The van der Waals surface area contributed by atoms with Gasteiger partial charge >= 0.3 is 5.97 Å². The second-order valence-corrected chi connectivity index (χ2v) is 11.4. The summed E-state index contributed by atoms with van der Waals surface area (Å²) in [7, 11) is 0. The number of unbranched alkanes of at least 4 members (excludes halogenated alkanes) is 3. The third-order valence-electron chi connectivity index (χ3n) is 7.39. The van der Waals surface area contributed by atoms with Gasteiger partial charge in [0.05, 0.1) is 23.2 Å². The molecule has 8 heteroatoms. The lowest BCUT2D eigenvalue weighted by atomic mass is 9.71. The first kappa shape index (κ1) is 26.8. The van der Waals surface area contributed by atoms with Crippen molar-refractivity contribution in [1.29, 1.82) is 0 Å². The highest BCUT2D eigenvalue weighted by atomic mass is 32.2. The maximum Gasteiger partial charge on any atom is 0.310 e. The number of amides is 2. The van der Waals surface area contributed by atoms with E-state index in [2.05, 4.69) is 13.2 Å². The number of aliphatic hydroxyl groups is 1. The van der Waals surface area contributed by atoms with Gasteiger partial charge in [-0.25, -0.2) is 0 Å². The number of ether oxygens (including phenoxy) is 1. The molecule has 0 saturated carbocycles. The van der Waals surface area contributed by atoms with Crippen molar-refractivity contribution in [3.05, 3.63) is 25.3 Å². The first-order valence-electron chi connectivity index (χ1n) is 12.6. The number of carbonyl (C=O) groups is 3. The first-order chi connectivity index (χ1) is 16.3. The van der Waals surface area contributed by atoms with E-state index in [1.807, 2.05) is 13.8 Å². The number of fused-ring (bicyclic) bond motifs is 1. The number of aliphatic hydroxyl groups excluding tert-OH is 1. The fraction of sp³-hybridized carbons (Fsp3) is 0.731. The van der Waals surface area contributed by atoms with Crippen LogP contribution in [0.4, 0.5) is 0 Å². The molecule has 0 aromatic heterocycles. The molecule has 5 atom stereocenters. The van der Waals surface area contributed by atoms with Gasteiger partial charge in [0.1, 0.15) is 6.04 Å². The van der Waals surface area contributed by atoms with E-state index in [0.29, 0.717) is 39.0 Å². The van der Waals surface area contributed by atoms with Crippen molar-refractivity contribution in [3.8, 4) is 0 Å². The van der Waals surface area contributed by atoms with Crippen molar-refractivity contribution in [2.75, 3.05) is 26.3 Å². The Morgan fingerprint density at radius 2 is 2.03 bits per heavy atom. The molecule has 2 unspecified atom stereocenters. The summed E-state index contributed by atoms with van der Waals surface area (Å²) in [5, 5.41) is 9.16. The first-order valence-corrected chi connectivity index (χ1v) is 13.5. The molecule has 190 valence electrons. The summed E-state index contributed by atoms with van der Waals surface area (Å²) in [5.41, 5.74) is 0. The van der Waals surface area contributed by atoms with Gasteiger partial charge in [0, 0.05) is 31.0 Å². The summed E-state index contributed by atoms with van der Waals surface area (Å²) in [4.78, 5) is 44.5. The molecule has 1 spiro atoms. The molecule has 7 nitrogen and oxygen atoms in total. The van der Waals surface area contributed by atoms with Crippen LogP contribution in [0.5, 0.6) is 0 Å². The number of likely N-dealkylation sites (tertiary alicyclic amines) is 1. The minimum absolute atomic E-state index is 0.0135. The van der Waals surface area contributed by atoms with Crippen molar-refractivity contribution in [2.24, 2.45) is 11.8 Å². The van der Waals surface area contributed by atoms with Crippen molar-refractivity contribution in [3.63, 3.8) is 0 Å². The lowest BCUT2D eigenvalue weighted by molar-refractivity contribution is -0.154. The Bertz CT molecular complexity index is 787. The smallest absolute Gasteiger partial charge is 0.310 e. The zero-order valence-electron chi connectivity index (χ0n) is 20.6. The van der Waals surface area contributed by atoms with Gasteiger partial charge < -0.3 is 19.6 Å².